The van der Waals surface area contributed by atoms with Gasteiger partial charge in [0.2, 0.25) is 0 Å². The molecule has 1 unspecified atom stereocenters. The zero-order valence-corrected chi connectivity index (χ0v) is 13.7. The molecular weight excluding hydrogens is 288 g/mol. The highest BCUT2D eigenvalue weighted by Gasteiger charge is 2.34. The summed E-state index contributed by atoms with van der Waals surface area (Å²) in [7, 11) is 0. The van der Waals surface area contributed by atoms with Gasteiger partial charge in [-0.1, -0.05) is 13.3 Å². The summed E-state index contributed by atoms with van der Waals surface area (Å²) in [5.41, 5.74) is 14.0. The summed E-state index contributed by atoms with van der Waals surface area (Å²) in [4.78, 5) is 0. The Morgan fingerprint density at radius 3 is 1.61 bits per heavy atom. The van der Waals surface area contributed by atoms with Gasteiger partial charge in [0.15, 0.2) is 0 Å². The van der Waals surface area contributed by atoms with Gasteiger partial charge < -0.3 is 27.2 Å². The molecule has 5 heteroatoms. The van der Waals surface area contributed by atoms with Crippen molar-refractivity contribution in [3.8, 4) is 0 Å². The van der Waals surface area contributed by atoms with Crippen LogP contribution in [0.25, 0.3) is 0 Å². The molecule has 7 N–H and O–H groups in total. The fourth-order valence-electron chi connectivity index (χ4n) is 2.62. The fraction of sp³-hybridized carbons (Fsp3) is 0.333. The monoisotopic (exact) mass is 314 g/mol. The number of aliphatic hydroxyl groups is 1. The van der Waals surface area contributed by atoms with E-state index in [4.69, 9.17) is 11.5 Å². The van der Waals surface area contributed by atoms with Gasteiger partial charge in [-0.05, 0) is 61.9 Å². The molecule has 0 bridgehead atoms. The minimum absolute atomic E-state index is 0.613. The van der Waals surface area contributed by atoms with Crippen LogP contribution in [0.5, 0.6) is 0 Å². The van der Waals surface area contributed by atoms with E-state index in [0.717, 1.165) is 24.2 Å². The van der Waals surface area contributed by atoms with E-state index in [2.05, 4.69) is 17.6 Å². The summed E-state index contributed by atoms with van der Waals surface area (Å²) in [6, 6.07) is 15.0. The average molecular weight is 314 g/mol. The third-order valence-corrected chi connectivity index (χ3v) is 3.91. The lowest BCUT2D eigenvalue weighted by molar-refractivity contribution is 0.122. The molecule has 0 amide bonds. The molecule has 0 radical (unpaired) electrons. The lowest BCUT2D eigenvalue weighted by atomic mass is 9.96. The second-order valence-corrected chi connectivity index (χ2v) is 5.89. The van der Waals surface area contributed by atoms with Gasteiger partial charge >= 0.3 is 0 Å². The van der Waals surface area contributed by atoms with E-state index < -0.39 is 11.8 Å². The molecule has 0 spiro atoms. The average Bonchev–Trinajstić information content (AvgIpc) is 2.52. The predicted molar refractivity (Wildman–Crippen MR) is 98.3 cm³/mol. The van der Waals surface area contributed by atoms with Crippen LogP contribution in [-0.2, 0) is 0 Å². The van der Waals surface area contributed by atoms with Gasteiger partial charge in [0.25, 0.3) is 0 Å². The van der Waals surface area contributed by atoms with Crippen LogP contribution in [0.15, 0.2) is 48.5 Å². The Morgan fingerprint density at radius 2 is 1.30 bits per heavy atom. The SMILES string of the molecule is CCCC(Nc1ccc(N)cc1)(Nc1ccc(N)cc1)C(C)O. The largest absolute Gasteiger partial charge is 0.399 e. The van der Waals surface area contributed by atoms with Crippen LogP contribution in [-0.4, -0.2) is 16.9 Å². The van der Waals surface area contributed by atoms with Crippen molar-refractivity contribution >= 4 is 22.7 Å². The Kier molecular flexibility index (Phi) is 5.34. The maximum Gasteiger partial charge on any atom is 0.134 e. The van der Waals surface area contributed by atoms with Gasteiger partial charge in [0, 0.05) is 22.7 Å². The predicted octanol–water partition coefficient (Wildman–Crippen LogP) is 3.25. The number of aliphatic hydroxyl groups excluding tert-OH is 1. The Hall–Kier alpha value is -2.40. The van der Waals surface area contributed by atoms with Crippen LogP contribution in [0.2, 0.25) is 0 Å². The van der Waals surface area contributed by atoms with Gasteiger partial charge in [-0.2, -0.15) is 0 Å². The van der Waals surface area contributed by atoms with Crippen LogP contribution in [0.3, 0.4) is 0 Å². The molecule has 5 nitrogen and oxygen atoms in total. The highest BCUT2D eigenvalue weighted by molar-refractivity contribution is 5.57. The highest BCUT2D eigenvalue weighted by Crippen LogP contribution is 2.27. The zero-order chi connectivity index (χ0) is 16.9. The van der Waals surface area contributed by atoms with Gasteiger partial charge in [0.05, 0.1) is 6.10 Å². The highest BCUT2D eigenvalue weighted by atomic mass is 16.3. The van der Waals surface area contributed by atoms with Gasteiger partial charge in [-0.3, -0.25) is 0 Å². The summed E-state index contributed by atoms with van der Waals surface area (Å²) < 4.78 is 0. The molecule has 2 aromatic rings. The molecule has 2 rings (SSSR count). The molecule has 0 aromatic heterocycles. The minimum Gasteiger partial charge on any atom is -0.399 e. The third kappa shape index (κ3) is 4.29. The lowest BCUT2D eigenvalue weighted by Gasteiger charge is -2.40. The number of hydrogen-bond donors (Lipinski definition) is 5. The van der Waals surface area contributed by atoms with E-state index in [0.29, 0.717) is 11.4 Å². The van der Waals surface area contributed by atoms with E-state index in [-0.39, 0.29) is 0 Å². The van der Waals surface area contributed by atoms with Crippen LogP contribution < -0.4 is 22.1 Å². The van der Waals surface area contributed by atoms with Gasteiger partial charge in [0.1, 0.15) is 5.66 Å². The van der Waals surface area contributed by atoms with E-state index in [1.54, 1.807) is 6.92 Å². The summed E-state index contributed by atoms with van der Waals surface area (Å²) in [6.07, 6.45) is 1.05. The lowest BCUT2D eigenvalue weighted by Crippen LogP contribution is -2.54. The van der Waals surface area contributed by atoms with Crippen LogP contribution in [0.4, 0.5) is 22.7 Å². The Morgan fingerprint density at radius 1 is 0.913 bits per heavy atom. The minimum atomic E-state index is -0.680. The molecular formula is C18H26N4O. The molecule has 1 atom stereocenters. The first-order valence-corrected chi connectivity index (χ1v) is 7.90. The van der Waals surface area contributed by atoms with Crippen molar-refractivity contribution in [3.63, 3.8) is 0 Å². The Labute approximate surface area is 137 Å². The van der Waals surface area contributed by atoms with E-state index in [9.17, 15) is 5.11 Å². The van der Waals surface area contributed by atoms with Gasteiger partial charge in [-0.15, -0.1) is 0 Å². The summed E-state index contributed by atoms with van der Waals surface area (Å²) in [5.74, 6) is 0. The number of nitrogens with two attached hydrogens (primary N) is 2. The smallest absolute Gasteiger partial charge is 0.134 e. The van der Waals surface area contributed by atoms with Crippen molar-refractivity contribution in [1.29, 1.82) is 0 Å². The van der Waals surface area contributed by atoms with Crippen molar-refractivity contribution in [1.82, 2.24) is 0 Å². The molecule has 124 valence electrons. The second kappa shape index (κ2) is 7.24. The second-order valence-electron chi connectivity index (χ2n) is 5.89. The molecule has 0 saturated heterocycles. The summed E-state index contributed by atoms with van der Waals surface area (Å²) in [6.45, 7) is 3.87. The standard InChI is InChI=1S/C18H26N4O/c1-3-12-18(13(2)23,21-16-8-4-14(19)5-9-16)22-17-10-6-15(20)7-11-17/h4-11,13,21-23H,3,12,19-20H2,1-2H3. The molecule has 2 aromatic carbocycles. The van der Waals surface area contributed by atoms with Crippen molar-refractivity contribution < 1.29 is 5.11 Å². The maximum absolute atomic E-state index is 10.5. The number of nitrogen functional groups attached to an aromatic ring is 2. The molecule has 0 aliphatic heterocycles. The normalized spacial score (nSPS) is 12.7. The first-order chi connectivity index (χ1) is 10.9. The van der Waals surface area contributed by atoms with Crippen LogP contribution >= 0.6 is 0 Å². The maximum atomic E-state index is 10.5. The van der Waals surface area contributed by atoms with E-state index >= 15 is 0 Å². The number of nitrogens with one attached hydrogen (secondary N) is 2. The quantitative estimate of drug-likeness (QED) is 0.399. The summed E-state index contributed by atoms with van der Waals surface area (Å²) >= 11 is 0. The molecule has 0 aliphatic carbocycles. The van der Waals surface area contributed by atoms with Crippen molar-refractivity contribution in [2.75, 3.05) is 22.1 Å². The first-order valence-electron chi connectivity index (χ1n) is 7.90. The molecule has 0 fully saturated rings. The number of rotatable bonds is 7. The van der Waals surface area contributed by atoms with Gasteiger partial charge in [-0.25, -0.2) is 0 Å². The molecule has 23 heavy (non-hydrogen) atoms. The zero-order valence-electron chi connectivity index (χ0n) is 13.7. The first kappa shape index (κ1) is 17.0. The number of benzene rings is 2. The summed E-state index contributed by atoms with van der Waals surface area (Å²) in [5, 5.41) is 17.3. The molecule has 0 aliphatic rings. The molecule has 0 saturated carbocycles. The van der Waals surface area contributed by atoms with E-state index in [1.807, 2.05) is 48.5 Å². The van der Waals surface area contributed by atoms with Crippen molar-refractivity contribution in [2.45, 2.75) is 38.5 Å². The molecule has 0 heterocycles. The topological polar surface area (TPSA) is 96.3 Å². The number of anilines is 4. The fourth-order valence-corrected chi connectivity index (χ4v) is 2.62. The van der Waals surface area contributed by atoms with Crippen LogP contribution in [0.1, 0.15) is 26.7 Å². The van der Waals surface area contributed by atoms with Crippen LogP contribution in [0, 0.1) is 0 Å². The third-order valence-electron chi connectivity index (χ3n) is 3.91. The number of hydrogen-bond acceptors (Lipinski definition) is 5. The Bertz CT molecular complexity index is 560. The Balaban J connectivity index is 2.30. The van der Waals surface area contributed by atoms with Crippen molar-refractivity contribution in [2.24, 2.45) is 0 Å². The van der Waals surface area contributed by atoms with Crippen molar-refractivity contribution in [3.05, 3.63) is 48.5 Å². The van der Waals surface area contributed by atoms with E-state index in [1.165, 1.54) is 0 Å².